The molecule has 9 heteroatoms. The second-order valence-corrected chi connectivity index (χ2v) is 6.17. The second-order valence-electron chi connectivity index (χ2n) is 5.14. The summed E-state index contributed by atoms with van der Waals surface area (Å²) in [6.07, 6.45) is -0.502. The molecule has 0 aliphatic carbocycles. The normalized spacial score (nSPS) is 11.9. The minimum atomic E-state index is -0.688. The number of carbonyl (C=O) groups excluding carboxylic acids is 1. The van der Waals surface area contributed by atoms with Crippen LogP contribution in [0, 0.1) is 10.1 Å². The van der Waals surface area contributed by atoms with Crippen molar-refractivity contribution in [1.82, 2.24) is 10.2 Å². The molecule has 2 heterocycles. The Hall–Kier alpha value is -3.07. The lowest BCUT2D eigenvalue weighted by Gasteiger charge is -2.08. The van der Waals surface area contributed by atoms with Crippen LogP contribution in [0.1, 0.15) is 23.8 Å². The number of carbonyl (C=O) groups is 1. The summed E-state index contributed by atoms with van der Waals surface area (Å²) < 4.78 is 10.8. The highest BCUT2D eigenvalue weighted by atomic mass is 32.1. The van der Waals surface area contributed by atoms with Gasteiger partial charge in [0.15, 0.2) is 6.10 Å². The zero-order valence-electron chi connectivity index (χ0n) is 13.1. The highest BCUT2D eigenvalue weighted by Crippen LogP contribution is 2.24. The van der Waals surface area contributed by atoms with E-state index in [1.165, 1.54) is 35.6 Å². The predicted molar refractivity (Wildman–Crippen MR) is 88.9 cm³/mol. The molecule has 0 saturated heterocycles. The molecule has 0 unspecified atom stereocenters. The number of hydrogen-bond acceptors (Lipinski definition) is 8. The molecule has 3 aromatic rings. The van der Waals surface area contributed by atoms with Gasteiger partial charge in [-0.3, -0.25) is 14.9 Å². The van der Waals surface area contributed by atoms with Crippen LogP contribution in [0.2, 0.25) is 0 Å². The smallest absolute Gasteiger partial charge is 0.311 e. The second kappa shape index (κ2) is 7.22. The van der Waals surface area contributed by atoms with Gasteiger partial charge in [-0.05, 0) is 30.5 Å². The van der Waals surface area contributed by atoms with E-state index >= 15 is 0 Å². The summed E-state index contributed by atoms with van der Waals surface area (Å²) in [5, 5.41) is 20.3. The average Bonchev–Trinajstić information content (AvgIpc) is 3.26. The largest absolute Gasteiger partial charge is 0.452 e. The molecule has 0 aliphatic heterocycles. The maximum Gasteiger partial charge on any atom is 0.311 e. The van der Waals surface area contributed by atoms with Gasteiger partial charge in [0.1, 0.15) is 0 Å². The summed E-state index contributed by atoms with van der Waals surface area (Å²) in [5.41, 5.74) is 0.515. The molecule has 25 heavy (non-hydrogen) atoms. The lowest BCUT2D eigenvalue weighted by molar-refractivity contribution is -0.384. The van der Waals surface area contributed by atoms with Crippen LogP contribution in [0.15, 0.2) is 46.2 Å². The minimum Gasteiger partial charge on any atom is -0.452 e. The number of nitro groups is 1. The summed E-state index contributed by atoms with van der Waals surface area (Å²) in [6.45, 7) is 1.64. The maximum absolute atomic E-state index is 11.9. The first kappa shape index (κ1) is 16.8. The SMILES string of the molecule is C[C@@H](OC(=O)Cc1cccs1)c1nnc(-c2ccc([N+](=O)[O-])cc2)o1. The Balaban J connectivity index is 1.65. The van der Waals surface area contributed by atoms with E-state index in [1.54, 1.807) is 6.92 Å². The third kappa shape index (κ3) is 4.07. The number of aromatic nitrogens is 2. The van der Waals surface area contributed by atoms with Crippen molar-refractivity contribution in [1.29, 1.82) is 0 Å². The van der Waals surface area contributed by atoms with Gasteiger partial charge >= 0.3 is 5.97 Å². The Morgan fingerprint density at radius 2 is 2.08 bits per heavy atom. The summed E-state index contributed by atoms with van der Waals surface area (Å²) in [6, 6.07) is 9.46. The van der Waals surface area contributed by atoms with Gasteiger partial charge in [0, 0.05) is 22.6 Å². The highest BCUT2D eigenvalue weighted by Gasteiger charge is 2.19. The Labute approximate surface area is 146 Å². The Kier molecular flexibility index (Phi) is 4.85. The molecule has 0 fully saturated rings. The van der Waals surface area contributed by atoms with Gasteiger partial charge in [0.2, 0.25) is 5.89 Å². The standard InChI is InChI=1S/C16H13N3O5S/c1-10(23-14(20)9-13-3-2-8-25-13)15-17-18-16(24-15)11-4-6-12(7-5-11)19(21)22/h2-8,10H,9H2,1H3/t10-/m1/s1. The first-order valence-electron chi connectivity index (χ1n) is 7.33. The van der Waals surface area contributed by atoms with E-state index in [4.69, 9.17) is 9.15 Å². The number of non-ortho nitro benzene ring substituents is 1. The number of benzene rings is 1. The molecular weight excluding hydrogens is 346 g/mol. The van der Waals surface area contributed by atoms with Crippen molar-refractivity contribution in [2.24, 2.45) is 0 Å². The molecule has 1 atom stereocenters. The molecule has 0 saturated carbocycles. The van der Waals surface area contributed by atoms with E-state index in [-0.39, 0.29) is 29.9 Å². The molecule has 0 spiro atoms. The Morgan fingerprint density at radius 1 is 1.32 bits per heavy atom. The maximum atomic E-state index is 11.9. The lowest BCUT2D eigenvalue weighted by Crippen LogP contribution is -2.11. The van der Waals surface area contributed by atoms with Gasteiger partial charge < -0.3 is 9.15 Å². The minimum absolute atomic E-state index is 0.0284. The Bertz CT molecular complexity index is 874. The number of esters is 1. The Morgan fingerprint density at radius 3 is 2.72 bits per heavy atom. The van der Waals surface area contributed by atoms with E-state index in [9.17, 15) is 14.9 Å². The van der Waals surface area contributed by atoms with Crippen molar-refractivity contribution in [3.05, 3.63) is 62.7 Å². The first-order valence-corrected chi connectivity index (χ1v) is 8.21. The molecule has 0 bridgehead atoms. The molecule has 0 radical (unpaired) electrons. The van der Waals surface area contributed by atoms with E-state index in [2.05, 4.69) is 10.2 Å². The van der Waals surface area contributed by atoms with Crippen molar-refractivity contribution in [3.8, 4) is 11.5 Å². The van der Waals surface area contributed by atoms with E-state index in [1.807, 2.05) is 17.5 Å². The number of nitrogens with zero attached hydrogens (tertiary/aromatic N) is 3. The monoisotopic (exact) mass is 359 g/mol. The van der Waals surface area contributed by atoms with Crippen molar-refractivity contribution in [2.45, 2.75) is 19.4 Å². The van der Waals surface area contributed by atoms with Crippen molar-refractivity contribution >= 4 is 23.0 Å². The van der Waals surface area contributed by atoms with Gasteiger partial charge in [0.05, 0.1) is 11.3 Å². The molecular formula is C16H13N3O5S. The number of ether oxygens (including phenoxy) is 1. The topological polar surface area (TPSA) is 108 Å². The fourth-order valence-corrected chi connectivity index (χ4v) is 2.78. The number of hydrogen-bond donors (Lipinski definition) is 0. The number of rotatable bonds is 6. The lowest BCUT2D eigenvalue weighted by atomic mass is 10.2. The molecule has 0 amide bonds. The highest BCUT2D eigenvalue weighted by molar-refractivity contribution is 7.10. The summed E-state index contributed by atoms with van der Waals surface area (Å²) in [7, 11) is 0. The molecule has 128 valence electrons. The number of nitro benzene ring substituents is 1. The van der Waals surface area contributed by atoms with Gasteiger partial charge in [-0.15, -0.1) is 21.5 Å². The third-order valence-corrected chi connectivity index (χ3v) is 4.20. The van der Waals surface area contributed by atoms with Gasteiger partial charge in [-0.25, -0.2) is 0 Å². The predicted octanol–water partition coefficient (Wildman–Crippen LogP) is 3.55. The zero-order valence-corrected chi connectivity index (χ0v) is 13.9. The molecule has 0 aliphatic rings. The first-order chi connectivity index (χ1) is 12.0. The molecule has 1 aromatic carbocycles. The summed E-state index contributed by atoms with van der Waals surface area (Å²) in [4.78, 5) is 23.0. The van der Waals surface area contributed by atoms with Gasteiger partial charge in [-0.1, -0.05) is 6.07 Å². The van der Waals surface area contributed by atoms with E-state index in [0.717, 1.165) is 4.88 Å². The summed E-state index contributed by atoms with van der Waals surface area (Å²) >= 11 is 1.48. The van der Waals surface area contributed by atoms with Gasteiger partial charge in [0.25, 0.3) is 11.6 Å². The summed E-state index contributed by atoms with van der Waals surface area (Å²) in [5.74, 6) is -0.0241. The number of thiophene rings is 1. The fraction of sp³-hybridized carbons (Fsp3) is 0.188. The van der Waals surface area contributed by atoms with Crippen LogP contribution in [-0.2, 0) is 16.0 Å². The molecule has 3 rings (SSSR count). The quantitative estimate of drug-likeness (QED) is 0.376. The molecule has 8 nitrogen and oxygen atoms in total. The van der Waals surface area contributed by atoms with Crippen LogP contribution in [0.3, 0.4) is 0 Å². The van der Waals surface area contributed by atoms with Crippen LogP contribution in [0.25, 0.3) is 11.5 Å². The van der Waals surface area contributed by atoms with E-state index < -0.39 is 11.0 Å². The van der Waals surface area contributed by atoms with Crippen LogP contribution in [0.4, 0.5) is 5.69 Å². The zero-order chi connectivity index (χ0) is 17.8. The van der Waals surface area contributed by atoms with Crippen LogP contribution >= 0.6 is 11.3 Å². The third-order valence-electron chi connectivity index (χ3n) is 3.32. The molecule has 2 aromatic heterocycles. The average molecular weight is 359 g/mol. The van der Waals surface area contributed by atoms with Crippen molar-refractivity contribution in [2.75, 3.05) is 0 Å². The molecule has 0 N–H and O–H groups in total. The van der Waals surface area contributed by atoms with Crippen molar-refractivity contribution in [3.63, 3.8) is 0 Å². The van der Waals surface area contributed by atoms with Crippen molar-refractivity contribution < 1.29 is 18.9 Å². The fourth-order valence-electron chi connectivity index (χ4n) is 2.09. The van der Waals surface area contributed by atoms with Crippen LogP contribution < -0.4 is 0 Å². The van der Waals surface area contributed by atoms with Gasteiger partial charge in [-0.2, -0.15) is 0 Å². The van der Waals surface area contributed by atoms with Crippen LogP contribution in [0.5, 0.6) is 0 Å². The van der Waals surface area contributed by atoms with E-state index in [0.29, 0.717) is 5.56 Å². The van der Waals surface area contributed by atoms with Crippen LogP contribution in [-0.4, -0.2) is 21.1 Å².